The molecule has 2 unspecified atom stereocenters. The first-order valence-corrected chi connectivity index (χ1v) is 8.92. The van der Waals surface area contributed by atoms with Crippen molar-refractivity contribution in [2.45, 2.75) is 65.6 Å². The third kappa shape index (κ3) is 5.49. The molecular formula is C19H35N5. The monoisotopic (exact) mass is 333 g/mol. The van der Waals surface area contributed by atoms with E-state index in [1.807, 2.05) is 20.4 Å². The SMILES string of the molecule is CCC(C)N(NNC)/C1=C/C(C)=C\C/C=C/C1N(/C=N\C)C(C)C. The van der Waals surface area contributed by atoms with Crippen LogP contribution in [0.25, 0.3) is 0 Å². The lowest BCUT2D eigenvalue weighted by Crippen LogP contribution is -2.54. The van der Waals surface area contributed by atoms with Crippen molar-refractivity contribution in [3.8, 4) is 0 Å². The second-order valence-corrected chi connectivity index (χ2v) is 6.53. The summed E-state index contributed by atoms with van der Waals surface area (Å²) in [5.74, 6) is 0. The highest BCUT2D eigenvalue weighted by Crippen LogP contribution is 2.23. The Morgan fingerprint density at radius 2 is 2.08 bits per heavy atom. The van der Waals surface area contributed by atoms with Crippen LogP contribution in [0.3, 0.4) is 0 Å². The van der Waals surface area contributed by atoms with E-state index in [-0.39, 0.29) is 6.04 Å². The van der Waals surface area contributed by atoms with Gasteiger partial charge in [-0.05, 0) is 46.6 Å². The molecule has 0 aromatic carbocycles. The average molecular weight is 334 g/mol. The molecular weight excluding hydrogens is 298 g/mol. The normalized spacial score (nSPS) is 25.4. The fourth-order valence-corrected chi connectivity index (χ4v) is 2.79. The summed E-state index contributed by atoms with van der Waals surface area (Å²) in [5.41, 5.74) is 8.91. The fraction of sp³-hybridized carbons (Fsp3) is 0.632. The Labute approximate surface area is 148 Å². The Morgan fingerprint density at radius 1 is 1.38 bits per heavy atom. The van der Waals surface area contributed by atoms with Crippen molar-refractivity contribution >= 4 is 6.34 Å². The van der Waals surface area contributed by atoms with E-state index in [4.69, 9.17) is 0 Å². The van der Waals surface area contributed by atoms with Crippen molar-refractivity contribution in [1.82, 2.24) is 20.9 Å². The molecule has 0 heterocycles. The smallest absolute Gasteiger partial charge is 0.0900 e. The van der Waals surface area contributed by atoms with E-state index in [0.717, 1.165) is 12.8 Å². The molecule has 1 aliphatic rings. The van der Waals surface area contributed by atoms with E-state index in [1.165, 1.54) is 11.3 Å². The van der Waals surface area contributed by atoms with Crippen molar-refractivity contribution < 1.29 is 0 Å². The molecule has 1 aliphatic carbocycles. The summed E-state index contributed by atoms with van der Waals surface area (Å²) in [4.78, 5) is 6.58. The minimum absolute atomic E-state index is 0.132. The van der Waals surface area contributed by atoms with Crippen LogP contribution < -0.4 is 11.0 Å². The lowest BCUT2D eigenvalue weighted by atomic mass is 10.0. The molecule has 0 saturated heterocycles. The maximum absolute atomic E-state index is 4.28. The highest BCUT2D eigenvalue weighted by atomic mass is 15.7. The molecule has 0 fully saturated rings. The maximum Gasteiger partial charge on any atom is 0.0900 e. The van der Waals surface area contributed by atoms with Gasteiger partial charge in [0, 0.05) is 26.2 Å². The van der Waals surface area contributed by atoms with Crippen LogP contribution in [0.2, 0.25) is 0 Å². The molecule has 0 aromatic rings. The van der Waals surface area contributed by atoms with Crippen LogP contribution >= 0.6 is 0 Å². The zero-order valence-electron chi connectivity index (χ0n) is 16.4. The molecule has 5 heteroatoms. The first-order chi connectivity index (χ1) is 11.5. The van der Waals surface area contributed by atoms with Gasteiger partial charge in [0.05, 0.1) is 18.1 Å². The Balaban J connectivity index is 3.40. The minimum atomic E-state index is 0.132. The van der Waals surface area contributed by atoms with E-state index in [2.05, 4.69) is 84.8 Å². The van der Waals surface area contributed by atoms with Crippen molar-refractivity contribution in [3.05, 3.63) is 35.6 Å². The Morgan fingerprint density at radius 3 is 2.62 bits per heavy atom. The quantitative estimate of drug-likeness (QED) is 0.310. The Bertz CT molecular complexity index is 490. The van der Waals surface area contributed by atoms with E-state index < -0.39 is 0 Å². The first kappa shape index (κ1) is 20.5. The highest BCUT2D eigenvalue weighted by Gasteiger charge is 2.27. The molecule has 2 atom stereocenters. The second kappa shape index (κ2) is 10.3. The standard InChI is InChI=1S/C19H35N5/c1-8-17(5)24(22-21-7)19-13-16(4)11-9-10-12-18(19)23(14-20-6)15(2)3/h10-15,17-18,21-22H,8-9H2,1-7H3/b12-10+,16-11-,19-13+,20-14-. The van der Waals surface area contributed by atoms with E-state index in [0.29, 0.717) is 12.1 Å². The van der Waals surface area contributed by atoms with Gasteiger partial charge in [-0.1, -0.05) is 30.7 Å². The second-order valence-electron chi connectivity index (χ2n) is 6.53. The molecule has 136 valence electrons. The number of aliphatic imine (C=N–C) groups is 1. The topological polar surface area (TPSA) is 42.9 Å². The summed E-state index contributed by atoms with van der Waals surface area (Å²) in [6.45, 7) is 11.0. The predicted octanol–water partition coefficient (Wildman–Crippen LogP) is 3.25. The number of hydrogen-bond donors (Lipinski definition) is 2. The molecule has 2 N–H and O–H groups in total. The summed E-state index contributed by atoms with van der Waals surface area (Å²) < 4.78 is 0. The van der Waals surface area contributed by atoms with Gasteiger partial charge in [0.15, 0.2) is 0 Å². The van der Waals surface area contributed by atoms with Gasteiger partial charge in [0.25, 0.3) is 0 Å². The number of nitrogens with zero attached hydrogens (tertiary/aromatic N) is 3. The molecule has 0 spiro atoms. The molecule has 0 radical (unpaired) electrons. The van der Waals surface area contributed by atoms with Crippen molar-refractivity contribution in [1.29, 1.82) is 0 Å². The van der Waals surface area contributed by atoms with Crippen molar-refractivity contribution in [2.24, 2.45) is 4.99 Å². The zero-order valence-corrected chi connectivity index (χ0v) is 16.4. The molecule has 1 rings (SSSR count). The molecule has 0 aliphatic heterocycles. The molecule has 0 saturated carbocycles. The zero-order chi connectivity index (χ0) is 18.1. The van der Waals surface area contributed by atoms with Crippen molar-refractivity contribution in [2.75, 3.05) is 14.1 Å². The maximum atomic E-state index is 4.28. The van der Waals surface area contributed by atoms with Gasteiger partial charge in [-0.2, -0.15) is 5.53 Å². The van der Waals surface area contributed by atoms with Gasteiger partial charge in [-0.15, -0.1) is 0 Å². The largest absolute Gasteiger partial charge is 0.348 e. The van der Waals surface area contributed by atoms with Crippen LogP contribution in [0.15, 0.2) is 40.6 Å². The van der Waals surface area contributed by atoms with Crippen LogP contribution in [-0.2, 0) is 0 Å². The van der Waals surface area contributed by atoms with Gasteiger partial charge in [0.1, 0.15) is 0 Å². The van der Waals surface area contributed by atoms with Gasteiger partial charge >= 0.3 is 0 Å². The third-order valence-electron chi connectivity index (χ3n) is 4.28. The minimum Gasteiger partial charge on any atom is -0.348 e. The van der Waals surface area contributed by atoms with Gasteiger partial charge in [-0.25, -0.2) is 5.43 Å². The van der Waals surface area contributed by atoms with E-state index in [1.54, 1.807) is 0 Å². The molecule has 0 bridgehead atoms. The Kier molecular flexibility index (Phi) is 8.79. The predicted molar refractivity (Wildman–Crippen MR) is 105 cm³/mol. The fourth-order valence-electron chi connectivity index (χ4n) is 2.79. The van der Waals surface area contributed by atoms with E-state index in [9.17, 15) is 0 Å². The molecule has 5 nitrogen and oxygen atoms in total. The van der Waals surface area contributed by atoms with Crippen LogP contribution in [-0.4, -0.2) is 48.5 Å². The van der Waals surface area contributed by atoms with Gasteiger partial charge < -0.3 is 4.90 Å². The lowest BCUT2D eigenvalue weighted by Gasteiger charge is -2.41. The number of nitrogens with one attached hydrogen (secondary N) is 2. The van der Waals surface area contributed by atoms with Crippen LogP contribution in [0.1, 0.15) is 47.5 Å². The first-order valence-electron chi connectivity index (χ1n) is 8.92. The number of hydrogen-bond acceptors (Lipinski definition) is 4. The average Bonchev–Trinajstić information content (AvgIpc) is 2.54. The third-order valence-corrected chi connectivity index (χ3v) is 4.28. The number of allylic oxidation sites excluding steroid dienone is 4. The van der Waals surface area contributed by atoms with Crippen LogP contribution in [0.5, 0.6) is 0 Å². The molecule has 0 amide bonds. The summed E-state index contributed by atoms with van der Waals surface area (Å²) in [6, 6.07) is 0.843. The van der Waals surface area contributed by atoms with Crippen molar-refractivity contribution in [3.63, 3.8) is 0 Å². The number of rotatable bonds is 8. The molecule has 0 aromatic heterocycles. The summed E-state index contributed by atoms with van der Waals surface area (Å²) in [5, 5.41) is 2.23. The van der Waals surface area contributed by atoms with Crippen LogP contribution in [0, 0.1) is 0 Å². The van der Waals surface area contributed by atoms with E-state index >= 15 is 0 Å². The summed E-state index contributed by atoms with van der Waals surface area (Å²) in [7, 11) is 3.73. The Hall–Kier alpha value is -1.59. The van der Waals surface area contributed by atoms with Crippen LogP contribution in [0.4, 0.5) is 0 Å². The highest BCUT2D eigenvalue weighted by molar-refractivity contribution is 5.57. The van der Waals surface area contributed by atoms with Gasteiger partial charge in [0.2, 0.25) is 0 Å². The summed E-state index contributed by atoms with van der Waals surface area (Å²) >= 11 is 0. The summed E-state index contributed by atoms with van der Waals surface area (Å²) in [6.07, 6.45) is 13.0. The van der Waals surface area contributed by atoms with Gasteiger partial charge in [-0.3, -0.25) is 10.0 Å². The lowest BCUT2D eigenvalue weighted by molar-refractivity contribution is 0.130. The molecule has 24 heavy (non-hydrogen) atoms. The number of hydrazine groups is 2.